The zero-order valence-corrected chi connectivity index (χ0v) is 10.0. The second-order valence-corrected chi connectivity index (χ2v) is 4.35. The van der Waals surface area contributed by atoms with Crippen LogP contribution in [0.1, 0.15) is 17.5 Å². The monoisotopic (exact) mass is 229 g/mol. The van der Waals surface area contributed by atoms with Crippen LogP contribution in [-0.4, -0.2) is 30.4 Å². The molecule has 1 N–H and O–H groups in total. The van der Waals surface area contributed by atoms with E-state index < -0.39 is 0 Å². The van der Waals surface area contributed by atoms with Gasteiger partial charge in [-0.3, -0.25) is 4.79 Å². The number of likely N-dealkylation sites (N-methyl/N-ethyl adjacent to an activating group) is 1. The molecular formula is C13H15N3O. The minimum Gasteiger partial charge on any atom is -0.372 e. The molecule has 1 aliphatic rings. The van der Waals surface area contributed by atoms with E-state index >= 15 is 0 Å². The molecule has 1 atom stereocenters. The van der Waals surface area contributed by atoms with Crippen LogP contribution in [0.25, 0.3) is 0 Å². The molecule has 1 aromatic carbocycles. The Morgan fingerprint density at radius 2 is 2.29 bits per heavy atom. The Morgan fingerprint density at radius 1 is 1.53 bits per heavy atom. The third-order valence-corrected chi connectivity index (χ3v) is 3.14. The van der Waals surface area contributed by atoms with Gasteiger partial charge in [-0.1, -0.05) is 12.1 Å². The molecule has 0 aromatic heterocycles. The van der Waals surface area contributed by atoms with Crippen LogP contribution in [0.2, 0.25) is 0 Å². The smallest absolute Gasteiger partial charge is 0.244 e. The second kappa shape index (κ2) is 4.46. The fourth-order valence-electron chi connectivity index (χ4n) is 2.08. The molecule has 1 unspecified atom stereocenters. The fraction of sp³-hybridized carbons (Fsp3) is 0.385. The Balaban J connectivity index is 2.25. The Labute approximate surface area is 101 Å². The van der Waals surface area contributed by atoms with Crippen molar-refractivity contribution >= 4 is 11.6 Å². The highest BCUT2D eigenvalue weighted by atomic mass is 16.2. The molecular weight excluding hydrogens is 214 g/mol. The topological polar surface area (TPSA) is 56.1 Å². The standard InChI is InChI=1S/C13H15N3O/c1-9-4-3-5-10(8-14)12(9)15-11-6-7-16(2)13(11)17/h3-5,11,15H,6-7H2,1-2H3. The Morgan fingerprint density at radius 3 is 2.88 bits per heavy atom. The molecule has 1 amide bonds. The van der Waals surface area contributed by atoms with Crippen molar-refractivity contribution in [2.75, 3.05) is 18.9 Å². The average Bonchev–Trinajstić information content (AvgIpc) is 2.63. The molecule has 4 heteroatoms. The van der Waals surface area contributed by atoms with Gasteiger partial charge < -0.3 is 10.2 Å². The zero-order chi connectivity index (χ0) is 12.4. The van der Waals surface area contributed by atoms with Crippen molar-refractivity contribution in [2.24, 2.45) is 0 Å². The summed E-state index contributed by atoms with van der Waals surface area (Å²) in [4.78, 5) is 13.5. The quantitative estimate of drug-likeness (QED) is 0.836. The number of anilines is 1. The number of carbonyl (C=O) groups excluding carboxylic acids is 1. The molecule has 0 aliphatic carbocycles. The first-order valence-electron chi connectivity index (χ1n) is 5.64. The summed E-state index contributed by atoms with van der Waals surface area (Å²) in [6.07, 6.45) is 0.786. The van der Waals surface area contributed by atoms with Crippen LogP contribution in [0.15, 0.2) is 18.2 Å². The van der Waals surface area contributed by atoms with Crippen LogP contribution in [0.3, 0.4) is 0 Å². The maximum atomic E-state index is 11.8. The molecule has 1 fully saturated rings. The number of likely N-dealkylation sites (tertiary alicyclic amines) is 1. The van der Waals surface area contributed by atoms with Gasteiger partial charge in [-0.2, -0.15) is 5.26 Å². The van der Waals surface area contributed by atoms with Crippen LogP contribution in [0.5, 0.6) is 0 Å². The predicted molar refractivity (Wildman–Crippen MR) is 65.6 cm³/mol. The molecule has 1 aliphatic heterocycles. The summed E-state index contributed by atoms with van der Waals surface area (Å²) in [7, 11) is 1.80. The van der Waals surface area contributed by atoms with Crippen molar-refractivity contribution in [1.29, 1.82) is 5.26 Å². The minimum atomic E-state index is -0.201. The number of rotatable bonds is 2. The van der Waals surface area contributed by atoms with Crippen LogP contribution in [0, 0.1) is 18.3 Å². The van der Waals surface area contributed by atoms with Crippen molar-refractivity contribution in [3.8, 4) is 6.07 Å². The van der Waals surface area contributed by atoms with E-state index in [0.717, 1.165) is 24.2 Å². The largest absolute Gasteiger partial charge is 0.372 e. The summed E-state index contributed by atoms with van der Waals surface area (Å²) >= 11 is 0. The van der Waals surface area contributed by atoms with Gasteiger partial charge in [0.05, 0.1) is 11.3 Å². The normalized spacial score (nSPS) is 19.2. The number of nitrogens with one attached hydrogen (secondary N) is 1. The predicted octanol–water partition coefficient (Wildman–Crippen LogP) is 1.51. The number of para-hydroxylation sites is 1. The van der Waals surface area contributed by atoms with E-state index in [0.29, 0.717) is 5.56 Å². The van der Waals surface area contributed by atoms with Crippen molar-refractivity contribution in [2.45, 2.75) is 19.4 Å². The van der Waals surface area contributed by atoms with Gasteiger partial charge in [0.15, 0.2) is 0 Å². The first-order valence-corrected chi connectivity index (χ1v) is 5.64. The average molecular weight is 229 g/mol. The van der Waals surface area contributed by atoms with Crippen molar-refractivity contribution in [3.63, 3.8) is 0 Å². The first kappa shape index (κ1) is 11.5. The highest BCUT2D eigenvalue weighted by Gasteiger charge is 2.29. The van der Waals surface area contributed by atoms with E-state index in [2.05, 4.69) is 11.4 Å². The molecule has 0 saturated carbocycles. The van der Waals surface area contributed by atoms with Gasteiger partial charge in [0.2, 0.25) is 5.91 Å². The number of hydrogen-bond acceptors (Lipinski definition) is 3. The van der Waals surface area contributed by atoms with Gasteiger partial charge in [-0.15, -0.1) is 0 Å². The molecule has 0 spiro atoms. The van der Waals surface area contributed by atoms with Crippen LogP contribution >= 0.6 is 0 Å². The van der Waals surface area contributed by atoms with E-state index in [1.807, 2.05) is 19.1 Å². The number of carbonyl (C=O) groups is 1. The van der Waals surface area contributed by atoms with Gasteiger partial charge in [-0.25, -0.2) is 0 Å². The summed E-state index contributed by atoms with van der Waals surface area (Å²) in [5.41, 5.74) is 2.36. The second-order valence-electron chi connectivity index (χ2n) is 4.35. The minimum absolute atomic E-state index is 0.0946. The molecule has 4 nitrogen and oxygen atoms in total. The van der Waals surface area contributed by atoms with Gasteiger partial charge in [0.25, 0.3) is 0 Å². The van der Waals surface area contributed by atoms with Crippen LogP contribution in [0.4, 0.5) is 5.69 Å². The summed E-state index contributed by atoms with van der Waals surface area (Å²) in [6, 6.07) is 7.50. The highest BCUT2D eigenvalue weighted by Crippen LogP contribution is 2.23. The van der Waals surface area contributed by atoms with Gasteiger partial charge in [-0.05, 0) is 25.0 Å². The molecule has 0 radical (unpaired) electrons. The lowest BCUT2D eigenvalue weighted by atomic mass is 10.1. The van der Waals surface area contributed by atoms with E-state index in [1.54, 1.807) is 18.0 Å². The Kier molecular flexibility index (Phi) is 3.01. The molecule has 1 aromatic rings. The Hall–Kier alpha value is -2.02. The molecule has 1 heterocycles. The SMILES string of the molecule is Cc1cccc(C#N)c1NC1CCN(C)C1=O. The lowest BCUT2D eigenvalue weighted by Gasteiger charge is -2.16. The zero-order valence-electron chi connectivity index (χ0n) is 10.0. The fourth-order valence-corrected chi connectivity index (χ4v) is 2.08. The number of amides is 1. The third kappa shape index (κ3) is 2.09. The van der Waals surface area contributed by atoms with Crippen LogP contribution in [-0.2, 0) is 4.79 Å². The highest BCUT2D eigenvalue weighted by molar-refractivity contribution is 5.87. The summed E-state index contributed by atoms with van der Waals surface area (Å²) in [5, 5.41) is 12.2. The number of aryl methyl sites for hydroxylation is 1. The first-order chi connectivity index (χ1) is 8.13. The number of hydrogen-bond donors (Lipinski definition) is 1. The van der Waals surface area contributed by atoms with Crippen molar-refractivity contribution in [1.82, 2.24) is 4.90 Å². The molecule has 0 bridgehead atoms. The van der Waals surface area contributed by atoms with Crippen LogP contribution < -0.4 is 5.32 Å². The van der Waals surface area contributed by atoms with Gasteiger partial charge >= 0.3 is 0 Å². The summed E-state index contributed by atoms with van der Waals surface area (Å²) in [5.74, 6) is 0.0946. The summed E-state index contributed by atoms with van der Waals surface area (Å²) < 4.78 is 0. The van der Waals surface area contributed by atoms with E-state index in [-0.39, 0.29) is 11.9 Å². The molecule has 88 valence electrons. The maximum Gasteiger partial charge on any atom is 0.244 e. The Bertz CT molecular complexity index is 490. The van der Waals surface area contributed by atoms with E-state index in [9.17, 15) is 4.79 Å². The van der Waals surface area contributed by atoms with Gasteiger partial charge in [0, 0.05) is 13.6 Å². The lowest BCUT2D eigenvalue weighted by molar-refractivity contribution is -0.127. The summed E-state index contributed by atoms with van der Waals surface area (Å²) in [6.45, 7) is 2.70. The van der Waals surface area contributed by atoms with Crippen molar-refractivity contribution in [3.05, 3.63) is 29.3 Å². The van der Waals surface area contributed by atoms with Gasteiger partial charge in [0.1, 0.15) is 12.1 Å². The molecule has 2 rings (SSSR count). The number of nitrogens with zero attached hydrogens (tertiary/aromatic N) is 2. The number of benzene rings is 1. The van der Waals surface area contributed by atoms with E-state index in [1.165, 1.54) is 0 Å². The number of nitriles is 1. The maximum absolute atomic E-state index is 11.8. The molecule has 17 heavy (non-hydrogen) atoms. The third-order valence-electron chi connectivity index (χ3n) is 3.14. The van der Waals surface area contributed by atoms with E-state index in [4.69, 9.17) is 5.26 Å². The lowest BCUT2D eigenvalue weighted by Crippen LogP contribution is -2.31. The molecule has 1 saturated heterocycles. The van der Waals surface area contributed by atoms with Crippen molar-refractivity contribution < 1.29 is 4.79 Å².